The molecule has 0 heterocycles. The Balaban J connectivity index is 2.48. The molecular weight excluding hydrogens is 278 g/mol. The van der Waals surface area contributed by atoms with E-state index < -0.39 is 0 Å². The third-order valence-corrected chi connectivity index (χ3v) is 5.48. The fourth-order valence-electron chi connectivity index (χ4n) is 4.04. The summed E-state index contributed by atoms with van der Waals surface area (Å²) in [5.74, 6) is 0. The topological polar surface area (TPSA) is 12.4 Å². The van der Waals surface area contributed by atoms with Gasteiger partial charge >= 0.3 is 0 Å². The highest BCUT2D eigenvalue weighted by atomic mass is 14.7. The van der Waals surface area contributed by atoms with Crippen molar-refractivity contribution in [2.75, 3.05) is 0 Å². The van der Waals surface area contributed by atoms with Gasteiger partial charge in [-0.1, -0.05) is 31.4 Å². The molecule has 0 aromatic rings. The van der Waals surface area contributed by atoms with Gasteiger partial charge in [-0.15, -0.1) is 0 Å². The zero-order valence-electron chi connectivity index (χ0n) is 15.8. The minimum absolute atomic E-state index is 1.09. The van der Waals surface area contributed by atoms with Crippen LogP contribution >= 0.6 is 0 Å². The van der Waals surface area contributed by atoms with Crippen molar-refractivity contribution >= 4 is 6.21 Å². The molecule has 0 saturated carbocycles. The van der Waals surface area contributed by atoms with Gasteiger partial charge in [0.1, 0.15) is 0 Å². The van der Waals surface area contributed by atoms with E-state index >= 15 is 0 Å². The number of aliphatic imine (C=N–C) groups is 1. The van der Waals surface area contributed by atoms with Gasteiger partial charge in [0.15, 0.2) is 0 Å². The normalized spacial score (nSPS) is 21.2. The molecule has 0 saturated heterocycles. The van der Waals surface area contributed by atoms with Gasteiger partial charge in [0.2, 0.25) is 0 Å². The van der Waals surface area contributed by atoms with Crippen molar-refractivity contribution in [2.45, 2.75) is 98.3 Å². The van der Waals surface area contributed by atoms with E-state index in [1.807, 2.05) is 0 Å². The molecule has 0 fully saturated rings. The third-order valence-electron chi connectivity index (χ3n) is 5.48. The van der Waals surface area contributed by atoms with Crippen molar-refractivity contribution < 1.29 is 0 Å². The molecule has 0 atom stereocenters. The molecule has 0 aliphatic heterocycles. The first-order valence-corrected chi connectivity index (χ1v) is 9.82. The molecule has 0 aromatic heterocycles. The Morgan fingerprint density at radius 3 is 2.26 bits per heavy atom. The van der Waals surface area contributed by atoms with Crippen LogP contribution in [0.25, 0.3) is 0 Å². The molecule has 2 rings (SSSR count). The van der Waals surface area contributed by atoms with E-state index in [1.54, 1.807) is 22.3 Å². The standard InChI is InChI=1S/C22H35N/c1-5-7-16-23-22(21-15-11-9-13-19(21)6-2)18(4)20-14-10-8-12-17(20)3/h16H,5-15H2,1-4H3/b22-18+,23-16+. The number of hydrogen-bond acceptors (Lipinski definition) is 1. The molecule has 0 aromatic carbocycles. The Bertz CT molecular complexity index is 528. The zero-order chi connectivity index (χ0) is 16.7. The zero-order valence-corrected chi connectivity index (χ0v) is 15.8. The predicted octanol–water partition coefficient (Wildman–Crippen LogP) is 7.30. The fourth-order valence-corrected chi connectivity index (χ4v) is 4.04. The van der Waals surface area contributed by atoms with Crippen LogP contribution < -0.4 is 0 Å². The molecule has 0 spiro atoms. The maximum Gasteiger partial charge on any atom is 0.0689 e. The molecule has 1 heteroatoms. The first kappa shape index (κ1) is 18.2. The van der Waals surface area contributed by atoms with Crippen LogP contribution in [0.5, 0.6) is 0 Å². The largest absolute Gasteiger partial charge is 0.261 e. The van der Waals surface area contributed by atoms with Crippen LogP contribution in [-0.4, -0.2) is 6.21 Å². The number of nitrogens with zero attached hydrogens (tertiary/aromatic N) is 1. The monoisotopic (exact) mass is 313 g/mol. The first-order valence-electron chi connectivity index (χ1n) is 9.82. The second kappa shape index (κ2) is 9.25. The summed E-state index contributed by atoms with van der Waals surface area (Å²) in [6.45, 7) is 9.21. The molecule has 0 unspecified atom stereocenters. The number of unbranched alkanes of at least 4 members (excludes halogenated alkanes) is 1. The average molecular weight is 314 g/mol. The van der Waals surface area contributed by atoms with Crippen LogP contribution in [-0.2, 0) is 0 Å². The number of hydrogen-bond donors (Lipinski definition) is 0. The molecule has 0 amide bonds. The Kier molecular flexibility index (Phi) is 7.33. The summed E-state index contributed by atoms with van der Waals surface area (Å²) >= 11 is 0. The van der Waals surface area contributed by atoms with Gasteiger partial charge in [0.05, 0.1) is 5.70 Å². The van der Waals surface area contributed by atoms with Crippen LogP contribution in [0.4, 0.5) is 0 Å². The second-order valence-corrected chi connectivity index (χ2v) is 7.18. The van der Waals surface area contributed by atoms with Gasteiger partial charge in [-0.25, -0.2) is 0 Å². The lowest BCUT2D eigenvalue weighted by molar-refractivity contribution is 0.654. The van der Waals surface area contributed by atoms with Gasteiger partial charge in [-0.2, -0.15) is 0 Å². The van der Waals surface area contributed by atoms with E-state index in [2.05, 4.69) is 33.9 Å². The predicted molar refractivity (Wildman–Crippen MR) is 103 cm³/mol. The van der Waals surface area contributed by atoms with E-state index in [-0.39, 0.29) is 0 Å². The van der Waals surface area contributed by atoms with Crippen molar-refractivity contribution in [3.8, 4) is 0 Å². The van der Waals surface area contributed by atoms with Crippen LogP contribution in [0, 0.1) is 0 Å². The molecule has 23 heavy (non-hydrogen) atoms. The van der Waals surface area contributed by atoms with Gasteiger partial charge in [0.25, 0.3) is 0 Å². The maximum atomic E-state index is 5.01. The summed E-state index contributed by atoms with van der Waals surface area (Å²) < 4.78 is 0. The molecular formula is C22H35N. The Labute approximate surface area is 143 Å². The number of allylic oxidation sites excluding steroid dienone is 5. The summed E-state index contributed by atoms with van der Waals surface area (Å²) in [7, 11) is 0. The highest BCUT2D eigenvalue weighted by Gasteiger charge is 2.20. The van der Waals surface area contributed by atoms with Crippen molar-refractivity contribution in [1.82, 2.24) is 0 Å². The lowest BCUT2D eigenvalue weighted by Gasteiger charge is -2.25. The molecule has 1 nitrogen and oxygen atoms in total. The Morgan fingerprint density at radius 2 is 1.61 bits per heavy atom. The van der Waals surface area contributed by atoms with Crippen LogP contribution in [0.2, 0.25) is 0 Å². The number of rotatable bonds is 6. The molecule has 128 valence electrons. The highest BCUT2D eigenvalue weighted by Crippen LogP contribution is 2.38. The molecule has 2 aliphatic rings. The second-order valence-electron chi connectivity index (χ2n) is 7.18. The smallest absolute Gasteiger partial charge is 0.0689 e. The van der Waals surface area contributed by atoms with E-state index in [9.17, 15) is 0 Å². The molecule has 0 radical (unpaired) electrons. The Morgan fingerprint density at radius 1 is 0.957 bits per heavy atom. The van der Waals surface area contributed by atoms with Crippen molar-refractivity contribution in [3.63, 3.8) is 0 Å². The van der Waals surface area contributed by atoms with Crippen molar-refractivity contribution in [1.29, 1.82) is 0 Å². The minimum Gasteiger partial charge on any atom is -0.261 e. The first-order chi connectivity index (χ1) is 11.2. The quantitative estimate of drug-likeness (QED) is 0.456. The lowest BCUT2D eigenvalue weighted by atomic mass is 9.83. The summed E-state index contributed by atoms with van der Waals surface area (Å²) in [6, 6.07) is 0. The van der Waals surface area contributed by atoms with E-state index in [0.29, 0.717) is 0 Å². The minimum atomic E-state index is 1.09. The van der Waals surface area contributed by atoms with E-state index in [1.165, 1.54) is 75.5 Å². The van der Waals surface area contributed by atoms with Gasteiger partial charge in [-0.3, -0.25) is 4.99 Å². The van der Waals surface area contributed by atoms with Gasteiger partial charge < -0.3 is 0 Å². The molecule has 0 bridgehead atoms. The fraction of sp³-hybridized carbons (Fsp3) is 0.682. The molecule has 2 aliphatic carbocycles. The van der Waals surface area contributed by atoms with Crippen LogP contribution in [0.1, 0.15) is 98.3 Å². The third kappa shape index (κ3) is 4.68. The Hall–Kier alpha value is -1.11. The van der Waals surface area contributed by atoms with Crippen LogP contribution in [0.15, 0.2) is 38.6 Å². The summed E-state index contributed by atoms with van der Waals surface area (Å²) in [4.78, 5) is 5.01. The van der Waals surface area contributed by atoms with Crippen LogP contribution in [0.3, 0.4) is 0 Å². The summed E-state index contributed by atoms with van der Waals surface area (Å²) in [6.07, 6.45) is 16.0. The van der Waals surface area contributed by atoms with Gasteiger partial charge in [-0.05, 0) is 94.8 Å². The van der Waals surface area contributed by atoms with E-state index in [4.69, 9.17) is 4.99 Å². The summed E-state index contributed by atoms with van der Waals surface area (Å²) in [5.41, 5.74) is 9.24. The van der Waals surface area contributed by atoms with Crippen molar-refractivity contribution in [3.05, 3.63) is 33.6 Å². The van der Waals surface area contributed by atoms with Crippen molar-refractivity contribution in [2.24, 2.45) is 4.99 Å². The lowest BCUT2D eigenvalue weighted by Crippen LogP contribution is -2.06. The molecule has 0 N–H and O–H groups in total. The van der Waals surface area contributed by atoms with E-state index in [0.717, 1.165) is 6.42 Å². The SMILES string of the molecule is CCC/C=N/C(C1=C(CC)CCCC1)=C(\C)C1=C(C)CCCC1. The highest BCUT2D eigenvalue weighted by molar-refractivity contribution is 5.62. The summed E-state index contributed by atoms with van der Waals surface area (Å²) in [5, 5.41) is 0. The van der Waals surface area contributed by atoms with Gasteiger partial charge in [0, 0.05) is 6.21 Å². The maximum absolute atomic E-state index is 5.01. The average Bonchev–Trinajstić information content (AvgIpc) is 2.59.